The molecule has 0 spiro atoms. The first-order valence-corrected chi connectivity index (χ1v) is 9.67. The normalized spacial score (nSPS) is 10.9. The van der Waals surface area contributed by atoms with Gasteiger partial charge < -0.3 is 34.0 Å². The summed E-state index contributed by atoms with van der Waals surface area (Å²) in [6.45, 7) is 4.69. The van der Waals surface area contributed by atoms with Gasteiger partial charge in [-0.1, -0.05) is 0 Å². The maximum atomic E-state index is 5.42. The van der Waals surface area contributed by atoms with Crippen LogP contribution in [0.4, 0.5) is 5.69 Å². The van der Waals surface area contributed by atoms with E-state index in [2.05, 4.69) is 15.6 Å². The lowest BCUT2D eigenvalue weighted by Gasteiger charge is -2.17. The van der Waals surface area contributed by atoms with Gasteiger partial charge in [0.1, 0.15) is 5.76 Å². The van der Waals surface area contributed by atoms with Crippen LogP contribution in [-0.4, -0.2) is 53.6 Å². The number of furan rings is 1. The molecule has 2 aromatic rings. The highest BCUT2D eigenvalue weighted by Crippen LogP contribution is 2.39. The van der Waals surface area contributed by atoms with Crippen molar-refractivity contribution in [3.63, 3.8) is 0 Å². The number of guanidine groups is 1. The minimum absolute atomic E-state index is 0. The van der Waals surface area contributed by atoms with Crippen molar-refractivity contribution in [1.29, 1.82) is 0 Å². The number of halogens is 1. The Labute approximate surface area is 195 Å². The molecule has 168 valence electrons. The van der Waals surface area contributed by atoms with Crippen molar-refractivity contribution in [3.05, 3.63) is 36.3 Å². The van der Waals surface area contributed by atoms with Gasteiger partial charge in [-0.3, -0.25) is 4.99 Å². The number of ether oxygens (including phenoxy) is 4. The summed E-state index contributed by atoms with van der Waals surface area (Å²) in [5.41, 5.74) is 0.772. The Bertz CT molecular complexity index is 728. The largest absolute Gasteiger partial charge is 0.493 e. The summed E-state index contributed by atoms with van der Waals surface area (Å²) in [6, 6.07) is 7.51. The summed E-state index contributed by atoms with van der Waals surface area (Å²) in [4.78, 5) is 4.63. The van der Waals surface area contributed by atoms with Crippen LogP contribution < -0.4 is 24.8 Å². The number of nitrogens with one attached hydrogen (secondary N) is 2. The van der Waals surface area contributed by atoms with Gasteiger partial charge in [0.2, 0.25) is 5.75 Å². The lowest BCUT2D eigenvalue weighted by Crippen LogP contribution is -2.32. The fourth-order valence-corrected chi connectivity index (χ4v) is 2.69. The van der Waals surface area contributed by atoms with Crippen molar-refractivity contribution >= 4 is 35.6 Å². The van der Waals surface area contributed by atoms with Gasteiger partial charge in [-0.2, -0.15) is 0 Å². The van der Waals surface area contributed by atoms with Crippen molar-refractivity contribution in [3.8, 4) is 17.2 Å². The Balaban J connectivity index is 0.00000450. The maximum Gasteiger partial charge on any atom is 0.203 e. The molecule has 2 rings (SSSR count). The number of nitrogens with zero attached hydrogens (tertiary/aromatic N) is 1. The van der Waals surface area contributed by atoms with Crippen LogP contribution in [0.1, 0.15) is 19.1 Å². The molecule has 30 heavy (non-hydrogen) atoms. The van der Waals surface area contributed by atoms with E-state index < -0.39 is 0 Å². The van der Waals surface area contributed by atoms with E-state index in [-0.39, 0.29) is 24.0 Å². The number of rotatable bonds is 12. The molecule has 0 amide bonds. The van der Waals surface area contributed by atoms with Gasteiger partial charge in [0.25, 0.3) is 0 Å². The standard InChI is InChI=1S/C21H31N3O5.HI/c1-5-28-12-7-10-22-21(23-11-9-17-8-6-13-29-17)24-16-14-18(25-2)20(27-4)19(15-16)26-3;/h6,8,13-15H,5,7,9-12H2,1-4H3,(H2,22,23,24);1H. The Morgan fingerprint density at radius 2 is 1.83 bits per heavy atom. The maximum absolute atomic E-state index is 5.42. The molecule has 1 aromatic heterocycles. The first-order valence-electron chi connectivity index (χ1n) is 9.67. The van der Waals surface area contributed by atoms with E-state index in [4.69, 9.17) is 23.4 Å². The molecular formula is C21H32IN3O5. The lowest BCUT2D eigenvalue weighted by molar-refractivity contribution is 0.146. The van der Waals surface area contributed by atoms with Crippen LogP contribution in [0.25, 0.3) is 0 Å². The van der Waals surface area contributed by atoms with Gasteiger partial charge in [0.05, 0.1) is 27.6 Å². The fourth-order valence-electron chi connectivity index (χ4n) is 2.69. The number of hydrogen-bond acceptors (Lipinski definition) is 6. The van der Waals surface area contributed by atoms with Gasteiger partial charge in [-0.15, -0.1) is 24.0 Å². The molecule has 0 saturated heterocycles. The fraction of sp³-hybridized carbons (Fsp3) is 0.476. The van der Waals surface area contributed by atoms with E-state index in [9.17, 15) is 0 Å². The quantitative estimate of drug-likeness (QED) is 0.185. The molecule has 0 unspecified atom stereocenters. The summed E-state index contributed by atoms with van der Waals surface area (Å²) >= 11 is 0. The molecule has 1 heterocycles. The molecule has 0 bridgehead atoms. The minimum Gasteiger partial charge on any atom is -0.493 e. The second-order valence-corrected chi connectivity index (χ2v) is 6.08. The van der Waals surface area contributed by atoms with Crippen LogP contribution in [0.2, 0.25) is 0 Å². The number of benzene rings is 1. The summed E-state index contributed by atoms with van der Waals surface area (Å²) in [6.07, 6.45) is 3.27. The van der Waals surface area contributed by atoms with Gasteiger partial charge >= 0.3 is 0 Å². The second kappa shape index (κ2) is 14.8. The average Bonchev–Trinajstić information content (AvgIpc) is 3.26. The molecule has 2 N–H and O–H groups in total. The third kappa shape index (κ3) is 8.31. The SMILES string of the molecule is CCOCCCN=C(NCCc1ccco1)Nc1cc(OC)c(OC)c(OC)c1.I. The monoisotopic (exact) mass is 533 g/mol. The Morgan fingerprint density at radius 1 is 1.10 bits per heavy atom. The van der Waals surface area contributed by atoms with E-state index in [1.54, 1.807) is 27.6 Å². The topological polar surface area (TPSA) is 86.5 Å². The Morgan fingerprint density at radius 3 is 2.40 bits per heavy atom. The van der Waals surface area contributed by atoms with Gasteiger partial charge in [0.15, 0.2) is 17.5 Å². The van der Waals surface area contributed by atoms with Crippen LogP contribution in [0.3, 0.4) is 0 Å². The van der Waals surface area contributed by atoms with Gasteiger partial charge in [-0.05, 0) is 25.5 Å². The predicted octanol–water partition coefficient (Wildman–Crippen LogP) is 3.95. The highest BCUT2D eigenvalue weighted by Gasteiger charge is 2.14. The summed E-state index contributed by atoms with van der Waals surface area (Å²) in [5.74, 6) is 3.26. The van der Waals surface area contributed by atoms with Gasteiger partial charge in [-0.25, -0.2) is 0 Å². The van der Waals surface area contributed by atoms with Crippen LogP contribution >= 0.6 is 24.0 Å². The van der Waals surface area contributed by atoms with Gasteiger partial charge in [0, 0.05) is 50.5 Å². The zero-order valence-electron chi connectivity index (χ0n) is 18.0. The molecule has 8 nitrogen and oxygen atoms in total. The van der Waals surface area contributed by atoms with E-state index >= 15 is 0 Å². The van der Waals surface area contributed by atoms with Crippen molar-refractivity contribution < 1.29 is 23.4 Å². The average molecular weight is 533 g/mol. The van der Waals surface area contributed by atoms with E-state index in [1.807, 2.05) is 31.2 Å². The highest BCUT2D eigenvalue weighted by molar-refractivity contribution is 14.0. The minimum atomic E-state index is 0. The lowest BCUT2D eigenvalue weighted by atomic mass is 10.2. The van der Waals surface area contributed by atoms with Crippen molar-refractivity contribution in [2.75, 3.05) is 52.9 Å². The van der Waals surface area contributed by atoms with Crippen molar-refractivity contribution in [1.82, 2.24) is 5.32 Å². The summed E-state index contributed by atoms with van der Waals surface area (Å²) < 4.78 is 27.0. The Hall–Kier alpha value is -2.14. The van der Waals surface area contributed by atoms with E-state index in [1.165, 1.54) is 0 Å². The molecule has 0 aliphatic carbocycles. The number of aliphatic imine (C=N–C) groups is 1. The molecule has 0 aliphatic rings. The second-order valence-electron chi connectivity index (χ2n) is 6.08. The first kappa shape index (κ1) is 25.9. The molecule has 0 aliphatic heterocycles. The number of hydrogen-bond donors (Lipinski definition) is 2. The molecule has 0 saturated carbocycles. The highest BCUT2D eigenvalue weighted by atomic mass is 127. The third-order valence-electron chi connectivity index (χ3n) is 4.09. The molecule has 1 aromatic carbocycles. The smallest absolute Gasteiger partial charge is 0.203 e. The van der Waals surface area contributed by atoms with Crippen LogP contribution in [0, 0.1) is 0 Å². The zero-order valence-corrected chi connectivity index (χ0v) is 20.4. The molecule has 9 heteroatoms. The zero-order chi connectivity index (χ0) is 20.9. The third-order valence-corrected chi connectivity index (χ3v) is 4.09. The van der Waals surface area contributed by atoms with Crippen molar-refractivity contribution in [2.24, 2.45) is 4.99 Å². The number of anilines is 1. The molecule has 0 atom stereocenters. The van der Waals surface area contributed by atoms with E-state index in [0.717, 1.165) is 24.3 Å². The molecule has 0 fully saturated rings. The van der Waals surface area contributed by atoms with E-state index in [0.29, 0.717) is 49.5 Å². The van der Waals surface area contributed by atoms with Crippen LogP contribution in [0.15, 0.2) is 39.9 Å². The summed E-state index contributed by atoms with van der Waals surface area (Å²) in [5, 5.41) is 6.63. The predicted molar refractivity (Wildman–Crippen MR) is 129 cm³/mol. The Kier molecular flexibility index (Phi) is 12.8. The number of methoxy groups -OCH3 is 3. The van der Waals surface area contributed by atoms with Crippen LogP contribution in [-0.2, 0) is 11.2 Å². The first-order chi connectivity index (χ1) is 14.2. The van der Waals surface area contributed by atoms with Crippen molar-refractivity contribution in [2.45, 2.75) is 19.8 Å². The molecular weight excluding hydrogens is 501 g/mol. The molecule has 0 radical (unpaired) electrons. The van der Waals surface area contributed by atoms with Crippen LogP contribution in [0.5, 0.6) is 17.2 Å². The summed E-state index contributed by atoms with van der Waals surface area (Å²) in [7, 11) is 4.76.